The lowest BCUT2D eigenvalue weighted by molar-refractivity contribution is -0.122. The van der Waals surface area contributed by atoms with Crippen molar-refractivity contribution in [3.63, 3.8) is 0 Å². The minimum Gasteiger partial charge on any atom is -0.493 e. The molecule has 1 fully saturated rings. The third-order valence-corrected chi connectivity index (χ3v) is 5.74. The number of halogens is 1. The summed E-state index contributed by atoms with van der Waals surface area (Å²) in [5.74, 6) is -0.939. The van der Waals surface area contributed by atoms with Gasteiger partial charge in [0.2, 0.25) is 0 Å². The van der Waals surface area contributed by atoms with Crippen LogP contribution in [0, 0.1) is 0 Å². The topological polar surface area (TPSA) is 97.0 Å². The Balaban J connectivity index is 1.51. The van der Waals surface area contributed by atoms with E-state index in [4.69, 9.17) is 33.3 Å². The van der Waals surface area contributed by atoms with E-state index in [9.17, 15) is 14.4 Å². The molecule has 10 heteroatoms. The van der Waals surface area contributed by atoms with Crippen LogP contribution in [0.4, 0.5) is 11.4 Å². The summed E-state index contributed by atoms with van der Waals surface area (Å²) in [5.41, 5.74) is 1.43. The van der Waals surface area contributed by atoms with Crippen LogP contribution in [0.5, 0.6) is 11.5 Å². The highest BCUT2D eigenvalue weighted by Gasteiger charge is 2.34. The first kappa shape index (κ1) is 24.9. The largest absolute Gasteiger partial charge is 0.493 e. The van der Waals surface area contributed by atoms with Crippen molar-refractivity contribution >= 4 is 64.1 Å². The molecule has 36 heavy (non-hydrogen) atoms. The lowest BCUT2D eigenvalue weighted by Crippen LogP contribution is -2.54. The molecule has 2 N–H and O–H groups in total. The Morgan fingerprint density at radius 1 is 1.06 bits per heavy atom. The normalized spacial score (nSPS) is 14.4. The fraction of sp³-hybridized carbons (Fsp3) is 0.0769. The number of carbonyl (C=O) groups is 3. The second kappa shape index (κ2) is 11.0. The van der Waals surface area contributed by atoms with E-state index < -0.39 is 17.7 Å². The number of carbonyl (C=O) groups excluding carboxylic acids is 3. The Hall–Kier alpha value is -4.21. The summed E-state index contributed by atoms with van der Waals surface area (Å²) in [4.78, 5) is 39.2. The smallest absolute Gasteiger partial charge is 0.270 e. The maximum Gasteiger partial charge on any atom is 0.270 e. The van der Waals surface area contributed by atoms with Gasteiger partial charge in [0.05, 0.1) is 23.5 Å². The van der Waals surface area contributed by atoms with Crippen LogP contribution in [0.1, 0.15) is 5.56 Å². The van der Waals surface area contributed by atoms with Crippen LogP contribution >= 0.6 is 23.8 Å². The molecule has 3 aromatic carbocycles. The highest BCUT2D eigenvalue weighted by molar-refractivity contribution is 7.80. The molecule has 3 aromatic rings. The lowest BCUT2D eigenvalue weighted by Gasteiger charge is -2.28. The van der Waals surface area contributed by atoms with Gasteiger partial charge in [0.25, 0.3) is 17.7 Å². The molecule has 8 nitrogen and oxygen atoms in total. The van der Waals surface area contributed by atoms with Gasteiger partial charge in [-0.2, -0.15) is 0 Å². The third-order valence-electron chi connectivity index (χ3n) is 5.12. The summed E-state index contributed by atoms with van der Waals surface area (Å²) in [7, 11) is 1.44. The second-order valence-corrected chi connectivity index (χ2v) is 8.31. The Labute approximate surface area is 217 Å². The molecule has 0 aliphatic carbocycles. The zero-order valence-corrected chi connectivity index (χ0v) is 20.6. The first-order valence-electron chi connectivity index (χ1n) is 10.7. The summed E-state index contributed by atoms with van der Waals surface area (Å²) in [6, 6.07) is 20.4. The highest BCUT2D eigenvalue weighted by atomic mass is 35.5. The van der Waals surface area contributed by atoms with Gasteiger partial charge in [-0.3, -0.25) is 24.6 Å². The van der Waals surface area contributed by atoms with Crippen molar-refractivity contribution in [1.82, 2.24) is 5.32 Å². The Kier molecular flexibility index (Phi) is 7.62. The summed E-state index contributed by atoms with van der Waals surface area (Å²) < 4.78 is 11.0. The number of ether oxygens (including phenoxy) is 2. The number of rotatable bonds is 7. The van der Waals surface area contributed by atoms with E-state index in [2.05, 4.69) is 10.6 Å². The number of benzene rings is 3. The fourth-order valence-corrected chi connectivity index (χ4v) is 3.89. The molecule has 0 spiro atoms. The zero-order valence-electron chi connectivity index (χ0n) is 19.0. The highest BCUT2D eigenvalue weighted by Crippen LogP contribution is 2.30. The molecule has 4 rings (SSSR count). The fourth-order valence-electron chi connectivity index (χ4n) is 3.42. The maximum absolute atomic E-state index is 13.1. The van der Waals surface area contributed by atoms with Crippen LogP contribution in [0.25, 0.3) is 6.08 Å². The molecule has 0 saturated carbocycles. The minimum absolute atomic E-state index is 0.00439. The van der Waals surface area contributed by atoms with Crippen molar-refractivity contribution in [2.24, 2.45) is 0 Å². The first-order valence-corrected chi connectivity index (χ1v) is 11.5. The number of hydrogen-bond acceptors (Lipinski definition) is 6. The quantitative estimate of drug-likeness (QED) is 0.275. The SMILES string of the molecule is COc1cc(/C=C2/C(=O)NC(=S)N(c3ccccc3)C2=O)ccc1OCC(=O)Nc1ccccc1Cl. The van der Waals surface area contributed by atoms with Crippen molar-refractivity contribution in [2.45, 2.75) is 0 Å². The molecule has 0 radical (unpaired) electrons. The minimum atomic E-state index is -0.604. The van der Waals surface area contributed by atoms with Crippen molar-refractivity contribution in [3.05, 3.63) is 89.0 Å². The van der Waals surface area contributed by atoms with Gasteiger partial charge in [0.1, 0.15) is 5.57 Å². The van der Waals surface area contributed by atoms with E-state index in [1.165, 1.54) is 18.1 Å². The van der Waals surface area contributed by atoms with Crippen LogP contribution in [0.3, 0.4) is 0 Å². The Morgan fingerprint density at radius 3 is 2.50 bits per heavy atom. The zero-order chi connectivity index (χ0) is 25.7. The molecular weight excluding hydrogens is 502 g/mol. The van der Waals surface area contributed by atoms with E-state index in [1.807, 2.05) is 6.07 Å². The van der Waals surface area contributed by atoms with Gasteiger partial charge < -0.3 is 14.8 Å². The van der Waals surface area contributed by atoms with Crippen LogP contribution in [0.2, 0.25) is 5.02 Å². The summed E-state index contributed by atoms with van der Waals surface area (Å²) in [5, 5.41) is 5.63. The van der Waals surface area contributed by atoms with Crippen LogP contribution < -0.4 is 25.0 Å². The van der Waals surface area contributed by atoms with E-state index in [-0.39, 0.29) is 17.3 Å². The summed E-state index contributed by atoms with van der Waals surface area (Å²) in [6.07, 6.45) is 1.44. The predicted octanol–water partition coefficient (Wildman–Crippen LogP) is 4.20. The van der Waals surface area contributed by atoms with Gasteiger partial charge in [-0.05, 0) is 60.3 Å². The van der Waals surface area contributed by atoms with Crippen molar-refractivity contribution in [2.75, 3.05) is 23.9 Å². The summed E-state index contributed by atoms with van der Waals surface area (Å²) in [6.45, 7) is -0.285. The molecule has 1 aliphatic rings. The number of anilines is 2. The molecule has 0 aromatic heterocycles. The van der Waals surface area contributed by atoms with E-state index in [1.54, 1.807) is 66.7 Å². The number of hydrogen-bond donors (Lipinski definition) is 2. The maximum atomic E-state index is 13.1. The van der Waals surface area contributed by atoms with Crippen LogP contribution in [-0.2, 0) is 14.4 Å². The van der Waals surface area contributed by atoms with Crippen molar-refractivity contribution in [1.29, 1.82) is 0 Å². The van der Waals surface area contributed by atoms with Crippen molar-refractivity contribution < 1.29 is 23.9 Å². The van der Waals surface area contributed by atoms with Gasteiger partial charge in [0, 0.05) is 0 Å². The monoisotopic (exact) mass is 521 g/mol. The molecule has 0 atom stereocenters. The number of amides is 3. The Morgan fingerprint density at radius 2 is 1.78 bits per heavy atom. The standard InChI is InChI=1S/C26H20ClN3O5S/c1-34-22-14-16(11-12-21(22)35-15-23(31)28-20-10-6-5-9-19(20)27)13-18-24(32)29-26(36)30(25(18)33)17-7-3-2-4-8-17/h2-14H,15H2,1H3,(H,28,31)(H,29,32,36)/b18-13-. The van der Waals surface area contributed by atoms with E-state index in [0.717, 1.165) is 0 Å². The van der Waals surface area contributed by atoms with Crippen molar-refractivity contribution in [3.8, 4) is 11.5 Å². The lowest BCUT2D eigenvalue weighted by atomic mass is 10.1. The molecule has 3 amide bonds. The number of para-hydroxylation sites is 2. The van der Waals surface area contributed by atoms with Gasteiger partial charge >= 0.3 is 0 Å². The van der Waals surface area contributed by atoms with E-state index in [0.29, 0.717) is 33.5 Å². The predicted molar refractivity (Wildman–Crippen MR) is 141 cm³/mol. The average molecular weight is 522 g/mol. The number of methoxy groups -OCH3 is 1. The van der Waals surface area contributed by atoms with Crippen LogP contribution in [0.15, 0.2) is 78.4 Å². The number of nitrogens with zero attached hydrogens (tertiary/aromatic N) is 1. The number of nitrogens with one attached hydrogen (secondary N) is 2. The molecule has 0 unspecified atom stereocenters. The average Bonchev–Trinajstić information content (AvgIpc) is 2.87. The number of thiocarbonyl (C=S) groups is 1. The van der Waals surface area contributed by atoms with Gasteiger partial charge in [0.15, 0.2) is 23.2 Å². The van der Waals surface area contributed by atoms with E-state index >= 15 is 0 Å². The molecule has 0 bridgehead atoms. The molecular formula is C26H20ClN3O5S. The summed E-state index contributed by atoms with van der Waals surface area (Å²) >= 11 is 11.3. The second-order valence-electron chi connectivity index (χ2n) is 7.52. The molecule has 1 heterocycles. The third kappa shape index (κ3) is 5.54. The van der Waals surface area contributed by atoms with Gasteiger partial charge in [-0.15, -0.1) is 0 Å². The molecule has 182 valence electrons. The van der Waals surface area contributed by atoms with Crippen LogP contribution in [-0.4, -0.2) is 36.6 Å². The van der Waals surface area contributed by atoms with Gasteiger partial charge in [-0.25, -0.2) is 0 Å². The van der Waals surface area contributed by atoms with Gasteiger partial charge in [-0.1, -0.05) is 48.0 Å². The Bertz CT molecular complexity index is 1380. The molecule has 1 aliphatic heterocycles. The molecule has 1 saturated heterocycles. The first-order chi connectivity index (χ1) is 17.4.